The van der Waals surface area contributed by atoms with Gasteiger partial charge in [0, 0.05) is 18.7 Å². The number of amides is 1. The zero-order valence-electron chi connectivity index (χ0n) is 12.4. The normalized spacial score (nSPS) is 11.4. The fourth-order valence-corrected chi connectivity index (χ4v) is 2.10. The largest absolute Gasteiger partial charge is 0.478 e. The van der Waals surface area contributed by atoms with Crippen molar-refractivity contribution < 1.29 is 14.7 Å². The number of aromatic carboxylic acids is 1. The Morgan fingerprint density at radius 1 is 1.15 bits per heavy atom. The van der Waals surface area contributed by atoms with E-state index in [2.05, 4.69) is 24.1 Å². The first-order chi connectivity index (χ1) is 9.21. The molecule has 0 aromatic heterocycles. The zero-order chi connectivity index (χ0) is 15.3. The molecule has 0 aliphatic carbocycles. The Morgan fingerprint density at radius 3 is 2.10 bits per heavy atom. The fraction of sp³-hybridized carbons (Fsp3) is 0.467. The molecule has 1 aromatic carbocycles. The molecule has 0 saturated carbocycles. The first-order valence-corrected chi connectivity index (χ1v) is 6.47. The number of carboxylic acids is 1. The van der Waals surface area contributed by atoms with E-state index >= 15 is 0 Å². The lowest BCUT2D eigenvalue weighted by Crippen LogP contribution is -2.39. The minimum atomic E-state index is -0.996. The Balaban J connectivity index is 2.61. The summed E-state index contributed by atoms with van der Waals surface area (Å²) in [5.74, 6) is -1.18. The molecule has 0 saturated heterocycles. The maximum absolute atomic E-state index is 12.0. The third kappa shape index (κ3) is 5.01. The van der Waals surface area contributed by atoms with E-state index in [9.17, 15) is 9.59 Å². The number of benzene rings is 1. The summed E-state index contributed by atoms with van der Waals surface area (Å²) in [6, 6.07) is 5.92. The third-order valence-corrected chi connectivity index (χ3v) is 2.87. The number of carbonyl (C=O) groups excluding carboxylic acids is 1. The van der Waals surface area contributed by atoms with Crippen LogP contribution in [-0.4, -0.2) is 49.1 Å². The van der Waals surface area contributed by atoms with E-state index in [1.807, 2.05) is 14.1 Å². The van der Waals surface area contributed by atoms with Crippen molar-refractivity contribution in [3.63, 3.8) is 0 Å². The minimum absolute atomic E-state index is 0.0276. The van der Waals surface area contributed by atoms with E-state index in [1.165, 1.54) is 24.3 Å². The average molecular weight is 278 g/mol. The van der Waals surface area contributed by atoms with Crippen molar-refractivity contribution in [2.24, 2.45) is 5.41 Å². The summed E-state index contributed by atoms with van der Waals surface area (Å²) in [5, 5.41) is 11.7. The monoisotopic (exact) mass is 278 g/mol. The van der Waals surface area contributed by atoms with Gasteiger partial charge in [0.15, 0.2) is 0 Å². The highest BCUT2D eigenvalue weighted by Crippen LogP contribution is 2.14. The third-order valence-electron chi connectivity index (χ3n) is 2.87. The number of hydrogen-bond donors (Lipinski definition) is 2. The maximum atomic E-state index is 12.0. The lowest BCUT2D eigenvalue weighted by Gasteiger charge is -2.28. The van der Waals surface area contributed by atoms with Gasteiger partial charge in [0.25, 0.3) is 5.91 Å². The number of rotatable bonds is 6. The van der Waals surface area contributed by atoms with Gasteiger partial charge in [0.1, 0.15) is 0 Å². The summed E-state index contributed by atoms with van der Waals surface area (Å²) in [7, 11) is 3.99. The Kier molecular flexibility index (Phi) is 5.27. The molecule has 0 aliphatic rings. The van der Waals surface area contributed by atoms with Gasteiger partial charge in [-0.05, 0) is 43.8 Å². The summed E-state index contributed by atoms with van der Waals surface area (Å²) >= 11 is 0. The van der Waals surface area contributed by atoms with Crippen molar-refractivity contribution in [2.75, 3.05) is 27.2 Å². The highest BCUT2D eigenvalue weighted by atomic mass is 16.4. The molecule has 20 heavy (non-hydrogen) atoms. The summed E-state index contributed by atoms with van der Waals surface area (Å²) < 4.78 is 0. The second-order valence-corrected chi connectivity index (χ2v) is 5.97. The number of carboxylic acid groups (broad SMARTS) is 1. The maximum Gasteiger partial charge on any atom is 0.335 e. The van der Waals surface area contributed by atoms with Gasteiger partial charge < -0.3 is 15.3 Å². The van der Waals surface area contributed by atoms with Crippen molar-refractivity contribution in [1.29, 1.82) is 0 Å². The van der Waals surface area contributed by atoms with E-state index in [0.29, 0.717) is 12.1 Å². The molecule has 1 rings (SSSR count). The van der Waals surface area contributed by atoms with Crippen molar-refractivity contribution in [3.8, 4) is 0 Å². The quantitative estimate of drug-likeness (QED) is 0.831. The van der Waals surface area contributed by atoms with Crippen LogP contribution in [0.3, 0.4) is 0 Å². The molecule has 1 aromatic rings. The molecule has 5 heteroatoms. The van der Waals surface area contributed by atoms with Crippen LogP contribution in [0.2, 0.25) is 0 Å². The molecule has 0 spiro atoms. The van der Waals surface area contributed by atoms with Crippen molar-refractivity contribution in [1.82, 2.24) is 10.2 Å². The fourth-order valence-electron chi connectivity index (χ4n) is 2.10. The van der Waals surface area contributed by atoms with Crippen LogP contribution in [0.25, 0.3) is 0 Å². The van der Waals surface area contributed by atoms with Gasteiger partial charge >= 0.3 is 5.97 Å². The highest BCUT2D eigenvalue weighted by molar-refractivity contribution is 5.95. The van der Waals surface area contributed by atoms with Gasteiger partial charge in [-0.15, -0.1) is 0 Å². The molecule has 0 atom stereocenters. The SMILES string of the molecule is CN(C)CC(C)(C)CNC(=O)c1ccc(C(=O)O)cc1. The lowest BCUT2D eigenvalue weighted by molar-refractivity contribution is 0.0696. The average Bonchev–Trinajstić information content (AvgIpc) is 2.34. The zero-order valence-corrected chi connectivity index (χ0v) is 12.4. The summed E-state index contributed by atoms with van der Waals surface area (Å²) in [6.45, 7) is 5.59. The second kappa shape index (κ2) is 6.52. The number of nitrogens with one attached hydrogen (secondary N) is 1. The Bertz CT molecular complexity index is 478. The molecular formula is C15H22N2O3. The predicted octanol–water partition coefficient (Wildman–Crippen LogP) is 1.70. The molecular weight excluding hydrogens is 256 g/mol. The molecule has 2 N–H and O–H groups in total. The Labute approximate surface area is 119 Å². The highest BCUT2D eigenvalue weighted by Gasteiger charge is 2.20. The first-order valence-electron chi connectivity index (χ1n) is 6.47. The summed E-state index contributed by atoms with van der Waals surface area (Å²) in [5.41, 5.74) is 0.616. The van der Waals surface area contributed by atoms with Gasteiger partial charge in [-0.1, -0.05) is 13.8 Å². The molecule has 5 nitrogen and oxygen atoms in total. The molecule has 0 radical (unpaired) electrons. The van der Waals surface area contributed by atoms with Crippen LogP contribution in [0.15, 0.2) is 24.3 Å². The number of hydrogen-bond acceptors (Lipinski definition) is 3. The number of carbonyl (C=O) groups is 2. The lowest BCUT2D eigenvalue weighted by atomic mass is 9.93. The summed E-state index contributed by atoms with van der Waals surface area (Å²) in [4.78, 5) is 24.8. The van der Waals surface area contributed by atoms with Crippen LogP contribution >= 0.6 is 0 Å². The van der Waals surface area contributed by atoms with E-state index in [0.717, 1.165) is 6.54 Å². The van der Waals surface area contributed by atoms with Crippen LogP contribution in [-0.2, 0) is 0 Å². The van der Waals surface area contributed by atoms with E-state index < -0.39 is 5.97 Å². The van der Waals surface area contributed by atoms with E-state index in [-0.39, 0.29) is 16.9 Å². The van der Waals surface area contributed by atoms with Crippen LogP contribution in [0.1, 0.15) is 34.6 Å². The molecule has 0 unspecified atom stereocenters. The van der Waals surface area contributed by atoms with E-state index in [1.54, 1.807) is 0 Å². The molecule has 0 bridgehead atoms. The Hall–Kier alpha value is -1.88. The summed E-state index contributed by atoms with van der Waals surface area (Å²) in [6.07, 6.45) is 0. The van der Waals surface area contributed by atoms with Gasteiger partial charge in [-0.25, -0.2) is 4.79 Å². The second-order valence-electron chi connectivity index (χ2n) is 5.97. The molecule has 110 valence electrons. The van der Waals surface area contributed by atoms with Crippen molar-refractivity contribution in [2.45, 2.75) is 13.8 Å². The van der Waals surface area contributed by atoms with Crippen LogP contribution in [0.5, 0.6) is 0 Å². The minimum Gasteiger partial charge on any atom is -0.478 e. The van der Waals surface area contributed by atoms with E-state index in [4.69, 9.17) is 5.11 Å². The topological polar surface area (TPSA) is 69.6 Å². The standard InChI is InChI=1S/C15H22N2O3/c1-15(2,10-17(3)4)9-16-13(18)11-5-7-12(8-6-11)14(19)20/h5-8H,9-10H2,1-4H3,(H,16,18)(H,19,20). The molecule has 0 fully saturated rings. The molecule has 0 aliphatic heterocycles. The van der Waals surface area contributed by atoms with Crippen LogP contribution in [0, 0.1) is 5.41 Å². The van der Waals surface area contributed by atoms with Gasteiger partial charge in [0.2, 0.25) is 0 Å². The van der Waals surface area contributed by atoms with Gasteiger partial charge in [-0.3, -0.25) is 4.79 Å². The molecule has 0 heterocycles. The number of nitrogens with zero attached hydrogens (tertiary/aromatic N) is 1. The Morgan fingerprint density at radius 2 is 1.65 bits per heavy atom. The predicted molar refractivity (Wildman–Crippen MR) is 78.1 cm³/mol. The van der Waals surface area contributed by atoms with Crippen LogP contribution < -0.4 is 5.32 Å². The first kappa shape index (κ1) is 16.2. The molecule has 1 amide bonds. The van der Waals surface area contributed by atoms with Crippen molar-refractivity contribution >= 4 is 11.9 Å². The van der Waals surface area contributed by atoms with Gasteiger partial charge in [0.05, 0.1) is 5.56 Å². The van der Waals surface area contributed by atoms with Crippen LogP contribution in [0.4, 0.5) is 0 Å². The smallest absolute Gasteiger partial charge is 0.335 e. The van der Waals surface area contributed by atoms with Gasteiger partial charge in [-0.2, -0.15) is 0 Å². The van der Waals surface area contributed by atoms with Crippen molar-refractivity contribution in [3.05, 3.63) is 35.4 Å².